The molecule has 1 N–H and O–H groups in total. The number of hydrogen-bond donors (Lipinski definition) is 1. The summed E-state index contributed by atoms with van der Waals surface area (Å²) in [5.41, 5.74) is -1.40. The number of hydrogen-bond acceptors (Lipinski definition) is 6. The van der Waals surface area contributed by atoms with Crippen LogP contribution in [0.25, 0.3) is 0 Å². The van der Waals surface area contributed by atoms with E-state index in [1.54, 1.807) is 13.0 Å². The molecule has 3 aliphatic rings. The minimum atomic E-state index is -1.40. The van der Waals surface area contributed by atoms with Crippen molar-refractivity contribution in [3.63, 3.8) is 0 Å². The molecule has 0 saturated carbocycles. The van der Waals surface area contributed by atoms with Gasteiger partial charge >= 0.3 is 11.9 Å². The number of aliphatic hydroxyl groups is 1. The van der Waals surface area contributed by atoms with Crippen LogP contribution in [-0.2, 0) is 23.8 Å². The molecule has 3 heterocycles. The Balaban J connectivity index is 1.99. The van der Waals surface area contributed by atoms with E-state index in [1.165, 1.54) is 6.08 Å². The minimum absolute atomic E-state index is 0.206. The summed E-state index contributed by atoms with van der Waals surface area (Å²) in [6, 6.07) is 0. The van der Waals surface area contributed by atoms with Crippen molar-refractivity contribution in [3.05, 3.63) is 12.2 Å². The Morgan fingerprint density at radius 2 is 2.41 bits per heavy atom. The van der Waals surface area contributed by atoms with Crippen LogP contribution in [0.5, 0.6) is 0 Å². The van der Waals surface area contributed by atoms with E-state index >= 15 is 0 Å². The molecule has 2 saturated heterocycles. The molecule has 0 aromatic carbocycles. The van der Waals surface area contributed by atoms with Gasteiger partial charge in [-0.15, -0.1) is 0 Å². The Bertz CT molecular complexity index is 416. The van der Waals surface area contributed by atoms with Crippen molar-refractivity contribution in [3.8, 4) is 0 Å². The van der Waals surface area contributed by atoms with Gasteiger partial charge in [0.1, 0.15) is 5.92 Å². The van der Waals surface area contributed by atoms with Gasteiger partial charge in [0.15, 0.2) is 5.60 Å². The summed E-state index contributed by atoms with van der Waals surface area (Å²) in [5.74, 6) is -2.52. The Hall–Kier alpha value is -1.40. The van der Waals surface area contributed by atoms with E-state index in [1.807, 2.05) is 0 Å². The van der Waals surface area contributed by atoms with Crippen LogP contribution in [0.2, 0.25) is 0 Å². The van der Waals surface area contributed by atoms with Crippen LogP contribution in [0.3, 0.4) is 0 Å². The van der Waals surface area contributed by atoms with E-state index in [-0.39, 0.29) is 6.61 Å². The first-order chi connectivity index (χ1) is 8.10. The van der Waals surface area contributed by atoms with Crippen molar-refractivity contribution in [2.45, 2.75) is 24.9 Å². The summed E-state index contributed by atoms with van der Waals surface area (Å²) >= 11 is 0. The molecule has 92 valence electrons. The van der Waals surface area contributed by atoms with Crippen LogP contribution in [-0.4, -0.2) is 41.6 Å². The van der Waals surface area contributed by atoms with Gasteiger partial charge in [-0.25, -0.2) is 4.79 Å². The van der Waals surface area contributed by atoms with E-state index in [4.69, 9.17) is 14.2 Å². The van der Waals surface area contributed by atoms with E-state index in [9.17, 15) is 14.7 Å². The van der Waals surface area contributed by atoms with Gasteiger partial charge in [0.05, 0.1) is 18.6 Å². The van der Waals surface area contributed by atoms with E-state index in [0.717, 1.165) is 0 Å². The van der Waals surface area contributed by atoms with Crippen LogP contribution >= 0.6 is 0 Å². The van der Waals surface area contributed by atoms with Crippen LogP contribution in [0.1, 0.15) is 6.92 Å². The number of cyclic esters (lactones) is 1. The second-order valence-electron chi connectivity index (χ2n) is 4.34. The first-order valence-electron chi connectivity index (χ1n) is 5.53. The maximum absolute atomic E-state index is 11.9. The topological polar surface area (TPSA) is 82.1 Å². The maximum atomic E-state index is 11.9. The van der Waals surface area contributed by atoms with Crippen LogP contribution < -0.4 is 0 Å². The highest BCUT2D eigenvalue weighted by Gasteiger charge is 2.70. The molecule has 0 amide bonds. The lowest BCUT2D eigenvalue weighted by Gasteiger charge is -2.24. The van der Waals surface area contributed by atoms with Gasteiger partial charge in [0, 0.05) is 0 Å². The van der Waals surface area contributed by atoms with Crippen LogP contribution in [0.15, 0.2) is 12.2 Å². The van der Waals surface area contributed by atoms with E-state index in [0.29, 0.717) is 0 Å². The van der Waals surface area contributed by atoms with Gasteiger partial charge in [-0.2, -0.15) is 0 Å². The molecule has 5 atom stereocenters. The molecule has 2 bridgehead atoms. The Morgan fingerprint density at radius 1 is 1.65 bits per heavy atom. The number of ether oxygens (including phenoxy) is 3. The van der Waals surface area contributed by atoms with Crippen molar-refractivity contribution in [2.75, 3.05) is 6.61 Å². The molecule has 0 aliphatic carbocycles. The quantitative estimate of drug-likeness (QED) is 0.511. The molecular weight excluding hydrogens is 228 g/mol. The molecular formula is C11H12O6. The third-order valence-corrected chi connectivity index (χ3v) is 3.51. The van der Waals surface area contributed by atoms with Crippen molar-refractivity contribution >= 4 is 11.9 Å². The Morgan fingerprint density at radius 3 is 3.12 bits per heavy atom. The first-order valence-corrected chi connectivity index (χ1v) is 5.53. The van der Waals surface area contributed by atoms with Crippen LogP contribution in [0, 0.1) is 11.8 Å². The number of fused-ring (bicyclic) bond motifs is 5. The minimum Gasteiger partial charge on any atom is -0.464 e. The predicted octanol–water partition coefficient (Wildman–Crippen LogP) is -0.636. The number of carbonyl (C=O) groups is 2. The van der Waals surface area contributed by atoms with Gasteiger partial charge < -0.3 is 19.3 Å². The van der Waals surface area contributed by atoms with E-state index < -0.39 is 41.8 Å². The number of rotatable bonds is 2. The van der Waals surface area contributed by atoms with E-state index in [2.05, 4.69) is 0 Å². The molecule has 3 aliphatic heterocycles. The summed E-state index contributed by atoms with van der Waals surface area (Å²) < 4.78 is 15.2. The fourth-order valence-corrected chi connectivity index (χ4v) is 2.82. The van der Waals surface area contributed by atoms with Gasteiger partial charge in [0.25, 0.3) is 0 Å². The van der Waals surface area contributed by atoms with Crippen molar-refractivity contribution < 1.29 is 28.9 Å². The normalized spacial score (nSPS) is 45.9. The zero-order chi connectivity index (χ0) is 12.2. The molecule has 6 nitrogen and oxygen atoms in total. The number of carbonyl (C=O) groups excluding carboxylic acids is 2. The lowest BCUT2D eigenvalue weighted by atomic mass is 9.76. The summed E-state index contributed by atoms with van der Waals surface area (Å²) in [7, 11) is 0. The molecule has 17 heavy (non-hydrogen) atoms. The average molecular weight is 240 g/mol. The first kappa shape index (κ1) is 10.7. The zero-order valence-corrected chi connectivity index (χ0v) is 9.16. The van der Waals surface area contributed by atoms with Crippen molar-refractivity contribution in [1.29, 1.82) is 0 Å². The Kier molecular flexibility index (Phi) is 2.08. The lowest BCUT2D eigenvalue weighted by molar-refractivity contribution is -0.177. The smallest absolute Gasteiger partial charge is 0.343 e. The summed E-state index contributed by atoms with van der Waals surface area (Å²) in [5, 5.41) is 9.61. The number of esters is 2. The number of aliphatic hydroxyl groups excluding tert-OH is 1. The maximum Gasteiger partial charge on any atom is 0.343 e. The highest BCUT2D eigenvalue weighted by atomic mass is 16.7. The molecule has 0 aromatic rings. The highest BCUT2D eigenvalue weighted by molar-refractivity contribution is 5.92. The van der Waals surface area contributed by atoms with Gasteiger partial charge in [-0.3, -0.25) is 4.79 Å². The predicted molar refractivity (Wildman–Crippen MR) is 52.5 cm³/mol. The largest absolute Gasteiger partial charge is 0.464 e. The molecule has 3 rings (SSSR count). The third-order valence-electron chi connectivity index (χ3n) is 3.51. The van der Waals surface area contributed by atoms with Crippen molar-refractivity contribution in [2.24, 2.45) is 11.8 Å². The molecule has 2 fully saturated rings. The fourth-order valence-electron chi connectivity index (χ4n) is 2.82. The monoisotopic (exact) mass is 240 g/mol. The SMILES string of the molecule is CCOC(=O)C12C=CC(O1)C1C(O)OC(=O)C12. The highest BCUT2D eigenvalue weighted by Crippen LogP contribution is 2.52. The Labute approximate surface area is 97.1 Å². The average Bonchev–Trinajstić information content (AvgIpc) is 2.91. The summed E-state index contributed by atoms with van der Waals surface area (Å²) in [4.78, 5) is 23.6. The fraction of sp³-hybridized carbons (Fsp3) is 0.636. The van der Waals surface area contributed by atoms with Crippen LogP contribution in [0.4, 0.5) is 0 Å². The second-order valence-corrected chi connectivity index (χ2v) is 4.34. The zero-order valence-electron chi connectivity index (χ0n) is 9.16. The molecule has 5 unspecified atom stereocenters. The molecule has 0 radical (unpaired) electrons. The summed E-state index contributed by atoms with van der Waals surface area (Å²) in [6.07, 6.45) is 1.53. The molecule has 0 aromatic heterocycles. The van der Waals surface area contributed by atoms with Gasteiger partial charge in [0.2, 0.25) is 6.29 Å². The summed E-state index contributed by atoms with van der Waals surface area (Å²) in [6.45, 7) is 1.89. The van der Waals surface area contributed by atoms with Gasteiger partial charge in [-0.1, -0.05) is 6.08 Å². The van der Waals surface area contributed by atoms with Gasteiger partial charge in [-0.05, 0) is 13.0 Å². The second kappa shape index (κ2) is 3.30. The molecule has 6 heteroatoms. The standard InChI is InChI=1S/C11H12O6/c1-2-15-10(14)11-4-3-5(17-11)6-7(11)9(13)16-8(6)12/h3-8,12H,2H2,1H3. The molecule has 0 spiro atoms. The lowest BCUT2D eigenvalue weighted by Crippen LogP contribution is -2.46. The third kappa shape index (κ3) is 1.17. The van der Waals surface area contributed by atoms with Crippen molar-refractivity contribution in [1.82, 2.24) is 0 Å².